The van der Waals surface area contributed by atoms with Crippen molar-refractivity contribution in [2.24, 2.45) is 0 Å². The fourth-order valence-corrected chi connectivity index (χ4v) is 3.38. The smallest absolute Gasteiger partial charge is 0.266 e. The Kier molecular flexibility index (Phi) is 3.92. The van der Waals surface area contributed by atoms with E-state index in [9.17, 15) is 17.6 Å². The Morgan fingerprint density at radius 2 is 1.78 bits per heavy atom. The highest BCUT2D eigenvalue weighted by atomic mass is 32.2. The number of carbonyl (C=O) groups excluding carboxylic acids is 1. The zero-order valence-electron chi connectivity index (χ0n) is 13.5. The number of aromatic amines is 1. The third-order valence-corrected chi connectivity index (χ3v) is 5.07. The number of sulfonamides is 1. The van der Waals surface area contributed by atoms with Crippen LogP contribution in [0.15, 0.2) is 59.6 Å². The number of carbonyl (C=O) groups is 1. The molecule has 0 unspecified atom stereocenters. The van der Waals surface area contributed by atoms with Crippen LogP contribution in [0.5, 0.6) is 0 Å². The first-order valence-electron chi connectivity index (χ1n) is 7.62. The van der Waals surface area contributed by atoms with Gasteiger partial charge in [0.05, 0.1) is 10.6 Å². The van der Waals surface area contributed by atoms with Crippen LogP contribution in [0.3, 0.4) is 0 Å². The van der Waals surface area contributed by atoms with E-state index in [1.165, 1.54) is 59.4 Å². The van der Waals surface area contributed by atoms with Gasteiger partial charge in [-0.05, 0) is 48.5 Å². The first kappa shape index (κ1) is 16.8. The molecule has 4 rings (SSSR count). The number of benzene rings is 2. The molecule has 0 spiro atoms. The molecule has 0 aliphatic rings. The molecule has 11 heteroatoms. The van der Waals surface area contributed by atoms with Gasteiger partial charge in [0.25, 0.3) is 15.9 Å². The number of rotatable bonds is 4. The van der Waals surface area contributed by atoms with E-state index in [4.69, 9.17) is 0 Å². The monoisotopic (exact) mass is 386 g/mol. The van der Waals surface area contributed by atoms with E-state index in [0.29, 0.717) is 16.7 Å². The zero-order chi connectivity index (χ0) is 19.0. The summed E-state index contributed by atoms with van der Waals surface area (Å²) in [6, 6.07) is 10.9. The summed E-state index contributed by atoms with van der Waals surface area (Å²) < 4.78 is 41.1. The SMILES string of the molecule is O=C(NS(=O)(=O)c1ccc2n[nH]nc2c1)c1ccn(-c2ccc(F)cc2)n1. The molecule has 2 aromatic heterocycles. The van der Waals surface area contributed by atoms with Gasteiger partial charge < -0.3 is 0 Å². The van der Waals surface area contributed by atoms with Crippen molar-refractivity contribution < 1.29 is 17.6 Å². The average Bonchev–Trinajstić information content (AvgIpc) is 3.31. The van der Waals surface area contributed by atoms with Gasteiger partial charge in [0.1, 0.15) is 16.9 Å². The van der Waals surface area contributed by atoms with Crippen molar-refractivity contribution in [2.45, 2.75) is 4.90 Å². The van der Waals surface area contributed by atoms with E-state index in [1.807, 2.05) is 4.72 Å². The van der Waals surface area contributed by atoms with E-state index in [2.05, 4.69) is 20.5 Å². The molecule has 0 atom stereocenters. The minimum atomic E-state index is -4.12. The highest BCUT2D eigenvalue weighted by Gasteiger charge is 2.21. The molecule has 0 bridgehead atoms. The lowest BCUT2D eigenvalue weighted by molar-refractivity contribution is 0.0976. The van der Waals surface area contributed by atoms with Crippen LogP contribution in [0.2, 0.25) is 0 Å². The first-order valence-corrected chi connectivity index (χ1v) is 9.10. The lowest BCUT2D eigenvalue weighted by atomic mass is 10.3. The molecule has 0 saturated carbocycles. The second kappa shape index (κ2) is 6.29. The topological polar surface area (TPSA) is 123 Å². The van der Waals surface area contributed by atoms with Gasteiger partial charge in [-0.15, -0.1) is 0 Å². The van der Waals surface area contributed by atoms with Crippen LogP contribution in [-0.4, -0.2) is 39.5 Å². The van der Waals surface area contributed by atoms with Gasteiger partial charge >= 0.3 is 0 Å². The Morgan fingerprint density at radius 1 is 1.04 bits per heavy atom. The Labute approximate surface area is 151 Å². The standard InChI is InChI=1S/C16H11FN6O3S/c17-10-1-3-11(4-2-10)23-8-7-14(20-23)16(24)21-27(25,26)12-5-6-13-15(9-12)19-22-18-13/h1-9H,(H,21,24)(H,18,19,22). The average molecular weight is 386 g/mol. The summed E-state index contributed by atoms with van der Waals surface area (Å²) in [6.07, 6.45) is 1.47. The predicted molar refractivity (Wildman–Crippen MR) is 92.1 cm³/mol. The Bertz CT molecular complexity index is 1250. The number of halogens is 1. The van der Waals surface area contributed by atoms with Crippen LogP contribution in [0.1, 0.15) is 10.5 Å². The van der Waals surface area contributed by atoms with Crippen LogP contribution < -0.4 is 4.72 Å². The van der Waals surface area contributed by atoms with Crippen LogP contribution in [-0.2, 0) is 10.0 Å². The molecule has 9 nitrogen and oxygen atoms in total. The normalized spacial score (nSPS) is 11.6. The van der Waals surface area contributed by atoms with E-state index in [0.717, 1.165) is 0 Å². The van der Waals surface area contributed by atoms with Crippen LogP contribution >= 0.6 is 0 Å². The van der Waals surface area contributed by atoms with Crippen molar-refractivity contribution in [2.75, 3.05) is 0 Å². The van der Waals surface area contributed by atoms with Gasteiger partial charge in [-0.3, -0.25) is 4.79 Å². The number of amides is 1. The predicted octanol–water partition coefficient (Wildman–Crippen LogP) is 1.40. The lowest BCUT2D eigenvalue weighted by Gasteiger charge is -2.05. The molecule has 0 saturated heterocycles. The molecule has 0 radical (unpaired) electrons. The highest BCUT2D eigenvalue weighted by molar-refractivity contribution is 7.90. The number of nitrogens with zero attached hydrogens (tertiary/aromatic N) is 4. The largest absolute Gasteiger partial charge is 0.285 e. The van der Waals surface area contributed by atoms with Crippen molar-refractivity contribution in [3.63, 3.8) is 0 Å². The summed E-state index contributed by atoms with van der Waals surface area (Å²) in [5.41, 5.74) is 1.27. The van der Waals surface area contributed by atoms with Gasteiger partial charge in [0.2, 0.25) is 0 Å². The summed E-state index contributed by atoms with van der Waals surface area (Å²) in [5, 5.41) is 14.1. The quantitative estimate of drug-likeness (QED) is 0.547. The molecular formula is C16H11FN6O3S. The van der Waals surface area contributed by atoms with Crippen molar-refractivity contribution >= 4 is 27.0 Å². The van der Waals surface area contributed by atoms with Crippen LogP contribution in [0.4, 0.5) is 4.39 Å². The first-order chi connectivity index (χ1) is 12.9. The van der Waals surface area contributed by atoms with Crippen molar-refractivity contribution in [1.82, 2.24) is 29.9 Å². The van der Waals surface area contributed by atoms with Gasteiger partial charge in [-0.25, -0.2) is 22.2 Å². The minimum absolute atomic E-state index is 0.106. The maximum atomic E-state index is 13.0. The van der Waals surface area contributed by atoms with E-state index >= 15 is 0 Å². The molecule has 0 aliphatic heterocycles. The number of hydrogen-bond donors (Lipinski definition) is 2. The molecule has 0 aliphatic carbocycles. The summed E-state index contributed by atoms with van der Waals surface area (Å²) in [4.78, 5) is 12.2. The number of aromatic nitrogens is 5. The molecule has 136 valence electrons. The summed E-state index contributed by atoms with van der Waals surface area (Å²) >= 11 is 0. The fraction of sp³-hybridized carbons (Fsp3) is 0. The van der Waals surface area contributed by atoms with Crippen molar-refractivity contribution in [3.05, 3.63) is 66.2 Å². The van der Waals surface area contributed by atoms with Crippen LogP contribution in [0, 0.1) is 5.82 Å². The number of fused-ring (bicyclic) bond motifs is 1. The Hall–Kier alpha value is -3.60. The van der Waals surface area contributed by atoms with E-state index in [-0.39, 0.29) is 10.6 Å². The number of hydrogen-bond acceptors (Lipinski definition) is 6. The third kappa shape index (κ3) is 3.27. The molecular weight excluding hydrogens is 375 g/mol. The van der Waals surface area contributed by atoms with E-state index in [1.54, 1.807) is 0 Å². The van der Waals surface area contributed by atoms with Gasteiger partial charge in [-0.2, -0.15) is 20.5 Å². The van der Waals surface area contributed by atoms with Crippen molar-refractivity contribution in [3.8, 4) is 5.69 Å². The summed E-state index contributed by atoms with van der Waals surface area (Å²) in [6.45, 7) is 0. The van der Waals surface area contributed by atoms with Gasteiger partial charge in [0.15, 0.2) is 5.69 Å². The second-order valence-electron chi connectivity index (χ2n) is 5.53. The molecule has 1 amide bonds. The van der Waals surface area contributed by atoms with Crippen LogP contribution in [0.25, 0.3) is 16.7 Å². The van der Waals surface area contributed by atoms with Gasteiger partial charge in [-0.1, -0.05) is 0 Å². The second-order valence-corrected chi connectivity index (χ2v) is 7.21. The molecule has 2 aromatic carbocycles. The maximum absolute atomic E-state index is 13.0. The molecule has 2 heterocycles. The highest BCUT2D eigenvalue weighted by Crippen LogP contribution is 2.16. The fourth-order valence-electron chi connectivity index (χ4n) is 2.40. The van der Waals surface area contributed by atoms with E-state index < -0.39 is 21.7 Å². The lowest BCUT2D eigenvalue weighted by Crippen LogP contribution is -2.31. The zero-order valence-corrected chi connectivity index (χ0v) is 14.3. The minimum Gasteiger partial charge on any atom is -0.266 e. The Morgan fingerprint density at radius 3 is 2.56 bits per heavy atom. The van der Waals surface area contributed by atoms with Gasteiger partial charge in [0, 0.05) is 6.20 Å². The Balaban J connectivity index is 1.57. The third-order valence-electron chi connectivity index (χ3n) is 3.74. The molecule has 2 N–H and O–H groups in total. The molecule has 4 aromatic rings. The summed E-state index contributed by atoms with van der Waals surface area (Å²) in [5.74, 6) is -1.30. The maximum Gasteiger partial charge on any atom is 0.285 e. The molecule has 27 heavy (non-hydrogen) atoms. The summed E-state index contributed by atoms with van der Waals surface area (Å²) in [7, 11) is -4.12. The van der Waals surface area contributed by atoms with Crippen molar-refractivity contribution in [1.29, 1.82) is 0 Å². The number of H-pyrrole nitrogens is 1. The number of nitrogens with one attached hydrogen (secondary N) is 2. The molecule has 0 fully saturated rings.